The SMILES string of the molecule is Cc1cc(OCC(=O)NC(=S)Nc2ccc([N+](=O)[O-])cc2C)ccc1Br. The lowest BCUT2D eigenvalue weighted by Crippen LogP contribution is -2.37. The zero-order valence-electron chi connectivity index (χ0n) is 14.0. The summed E-state index contributed by atoms with van der Waals surface area (Å²) in [5.74, 6) is 0.161. The summed E-state index contributed by atoms with van der Waals surface area (Å²) >= 11 is 8.48. The maximum absolute atomic E-state index is 11.9. The number of nitrogens with one attached hydrogen (secondary N) is 2. The lowest BCUT2D eigenvalue weighted by Gasteiger charge is -2.12. The quantitative estimate of drug-likeness (QED) is 0.418. The molecule has 0 saturated heterocycles. The van der Waals surface area contributed by atoms with Crippen molar-refractivity contribution in [2.45, 2.75) is 13.8 Å². The normalized spacial score (nSPS) is 10.1. The summed E-state index contributed by atoms with van der Waals surface area (Å²) in [5, 5.41) is 16.2. The molecule has 1 amide bonds. The highest BCUT2D eigenvalue weighted by atomic mass is 79.9. The molecule has 0 aliphatic heterocycles. The van der Waals surface area contributed by atoms with Crippen LogP contribution < -0.4 is 15.4 Å². The van der Waals surface area contributed by atoms with Crippen molar-refractivity contribution < 1.29 is 14.5 Å². The molecule has 136 valence electrons. The second kappa shape index (κ2) is 8.72. The molecule has 0 bridgehead atoms. The summed E-state index contributed by atoms with van der Waals surface area (Å²) in [6.07, 6.45) is 0. The Bertz CT molecular complexity index is 873. The van der Waals surface area contributed by atoms with E-state index in [4.69, 9.17) is 17.0 Å². The molecule has 2 rings (SSSR count). The predicted molar refractivity (Wildman–Crippen MR) is 107 cm³/mol. The lowest BCUT2D eigenvalue weighted by molar-refractivity contribution is -0.384. The van der Waals surface area contributed by atoms with E-state index < -0.39 is 10.8 Å². The van der Waals surface area contributed by atoms with E-state index in [0.29, 0.717) is 17.0 Å². The fraction of sp³-hybridized carbons (Fsp3) is 0.176. The number of hydrogen-bond donors (Lipinski definition) is 2. The van der Waals surface area contributed by atoms with E-state index >= 15 is 0 Å². The van der Waals surface area contributed by atoms with Gasteiger partial charge >= 0.3 is 0 Å². The monoisotopic (exact) mass is 437 g/mol. The minimum absolute atomic E-state index is 0.0128. The first-order chi connectivity index (χ1) is 12.3. The number of hydrogen-bond acceptors (Lipinski definition) is 5. The Balaban J connectivity index is 1.88. The highest BCUT2D eigenvalue weighted by Gasteiger charge is 2.11. The summed E-state index contributed by atoms with van der Waals surface area (Å²) in [6.45, 7) is 3.43. The minimum atomic E-state index is -0.474. The van der Waals surface area contributed by atoms with E-state index in [1.807, 2.05) is 19.1 Å². The van der Waals surface area contributed by atoms with E-state index in [9.17, 15) is 14.9 Å². The van der Waals surface area contributed by atoms with Crippen LogP contribution in [0.3, 0.4) is 0 Å². The van der Waals surface area contributed by atoms with E-state index in [2.05, 4.69) is 26.6 Å². The van der Waals surface area contributed by atoms with Gasteiger partial charge in [-0.1, -0.05) is 15.9 Å². The van der Waals surface area contributed by atoms with E-state index in [-0.39, 0.29) is 17.4 Å². The number of ether oxygens (including phenoxy) is 1. The molecule has 0 heterocycles. The summed E-state index contributed by atoms with van der Waals surface area (Å²) in [4.78, 5) is 22.2. The Labute approximate surface area is 164 Å². The Kier molecular flexibility index (Phi) is 6.64. The summed E-state index contributed by atoms with van der Waals surface area (Å²) < 4.78 is 6.38. The number of non-ortho nitro benzene ring substituents is 1. The van der Waals surface area contributed by atoms with Crippen LogP contribution >= 0.6 is 28.1 Å². The average molecular weight is 438 g/mol. The van der Waals surface area contributed by atoms with Crippen LogP contribution in [0, 0.1) is 24.0 Å². The number of amides is 1. The summed E-state index contributed by atoms with van der Waals surface area (Å²) in [5.41, 5.74) is 2.19. The molecule has 0 fully saturated rings. The number of thiocarbonyl (C=S) groups is 1. The van der Waals surface area contributed by atoms with Crippen molar-refractivity contribution in [1.82, 2.24) is 5.32 Å². The lowest BCUT2D eigenvalue weighted by atomic mass is 10.2. The van der Waals surface area contributed by atoms with Gasteiger partial charge in [-0.25, -0.2) is 0 Å². The topological polar surface area (TPSA) is 93.5 Å². The number of nitrogens with zero attached hydrogens (tertiary/aromatic N) is 1. The van der Waals surface area contributed by atoms with Crippen molar-refractivity contribution in [2.24, 2.45) is 0 Å². The zero-order chi connectivity index (χ0) is 19.3. The van der Waals surface area contributed by atoms with Crippen LogP contribution in [-0.4, -0.2) is 22.5 Å². The molecule has 9 heteroatoms. The molecule has 2 aromatic rings. The number of carbonyl (C=O) groups is 1. The number of nitro benzene ring substituents is 1. The van der Waals surface area contributed by atoms with Gasteiger partial charge in [-0.3, -0.25) is 20.2 Å². The number of halogens is 1. The maximum Gasteiger partial charge on any atom is 0.269 e. The highest BCUT2D eigenvalue weighted by Crippen LogP contribution is 2.22. The minimum Gasteiger partial charge on any atom is -0.484 e. The summed E-state index contributed by atoms with van der Waals surface area (Å²) in [7, 11) is 0. The van der Waals surface area contributed by atoms with Crippen LogP contribution in [0.4, 0.5) is 11.4 Å². The molecule has 0 aliphatic rings. The number of rotatable bonds is 5. The van der Waals surface area contributed by atoms with Gasteiger partial charge in [-0.05, 0) is 61.5 Å². The van der Waals surface area contributed by atoms with E-state index in [1.54, 1.807) is 13.0 Å². The molecule has 0 radical (unpaired) electrons. The third-order valence-corrected chi connectivity index (χ3v) is 4.52. The molecule has 2 aromatic carbocycles. The average Bonchev–Trinajstić information content (AvgIpc) is 2.57. The highest BCUT2D eigenvalue weighted by molar-refractivity contribution is 9.10. The fourth-order valence-corrected chi connectivity index (χ4v) is 2.54. The van der Waals surface area contributed by atoms with Gasteiger partial charge in [0.2, 0.25) is 0 Å². The molecule has 0 unspecified atom stereocenters. The Morgan fingerprint density at radius 2 is 1.96 bits per heavy atom. The standard InChI is InChI=1S/C17H16BrN3O4S/c1-10-8-13(4-5-14(10)18)25-9-16(22)20-17(26)19-15-6-3-12(21(23)24)7-11(15)2/h3-8H,9H2,1-2H3,(H2,19,20,22,26). The number of anilines is 1. The molecule has 0 atom stereocenters. The van der Waals surface area contributed by atoms with E-state index in [1.165, 1.54) is 18.2 Å². The van der Waals surface area contributed by atoms with Crippen molar-refractivity contribution in [2.75, 3.05) is 11.9 Å². The van der Waals surface area contributed by atoms with Gasteiger partial charge in [-0.2, -0.15) is 0 Å². The van der Waals surface area contributed by atoms with Crippen LogP contribution in [0.1, 0.15) is 11.1 Å². The molecule has 2 N–H and O–H groups in total. The van der Waals surface area contributed by atoms with Crippen molar-refractivity contribution in [3.63, 3.8) is 0 Å². The Morgan fingerprint density at radius 3 is 2.58 bits per heavy atom. The van der Waals surface area contributed by atoms with Gasteiger partial charge in [0.15, 0.2) is 11.7 Å². The number of aryl methyl sites for hydroxylation is 2. The number of nitro groups is 1. The maximum atomic E-state index is 11.9. The molecular formula is C17H16BrN3O4S. The predicted octanol–water partition coefficient (Wildman–Crippen LogP) is 3.87. The molecular weight excluding hydrogens is 422 g/mol. The van der Waals surface area contributed by atoms with Crippen LogP contribution in [-0.2, 0) is 4.79 Å². The van der Waals surface area contributed by atoms with Crippen molar-refractivity contribution in [3.05, 3.63) is 62.1 Å². The number of benzene rings is 2. The van der Waals surface area contributed by atoms with Crippen LogP contribution in [0.5, 0.6) is 5.75 Å². The molecule has 7 nitrogen and oxygen atoms in total. The Hall–Kier alpha value is -2.52. The number of carbonyl (C=O) groups excluding carboxylic acids is 1. The first kappa shape index (κ1) is 19.8. The van der Waals surface area contributed by atoms with Gasteiger partial charge in [0.25, 0.3) is 11.6 Å². The van der Waals surface area contributed by atoms with Gasteiger partial charge in [-0.15, -0.1) is 0 Å². The third kappa shape index (κ3) is 5.50. The van der Waals surface area contributed by atoms with Crippen LogP contribution in [0.15, 0.2) is 40.9 Å². The molecule has 0 aliphatic carbocycles. The van der Waals surface area contributed by atoms with Gasteiger partial charge in [0.05, 0.1) is 4.92 Å². The van der Waals surface area contributed by atoms with Gasteiger partial charge < -0.3 is 10.1 Å². The molecule has 0 aromatic heterocycles. The van der Waals surface area contributed by atoms with E-state index in [0.717, 1.165) is 10.0 Å². The summed E-state index contributed by atoms with van der Waals surface area (Å²) in [6, 6.07) is 9.72. The van der Waals surface area contributed by atoms with Gasteiger partial charge in [0, 0.05) is 22.3 Å². The molecule has 0 spiro atoms. The third-order valence-electron chi connectivity index (χ3n) is 3.42. The van der Waals surface area contributed by atoms with Crippen molar-refractivity contribution >= 4 is 50.5 Å². The molecule has 0 saturated carbocycles. The fourth-order valence-electron chi connectivity index (χ4n) is 2.07. The Morgan fingerprint density at radius 1 is 1.23 bits per heavy atom. The second-order valence-electron chi connectivity index (χ2n) is 5.46. The van der Waals surface area contributed by atoms with Crippen LogP contribution in [0.25, 0.3) is 0 Å². The smallest absolute Gasteiger partial charge is 0.269 e. The van der Waals surface area contributed by atoms with Gasteiger partial charge in [0.1, 0.15) is 5.75 Å². The van der Waals surface area contributed by atoms with Crippen molar-refractivity contribution in [3.8, 4) is 5.75 Å². The zero-order valence-corrected chi connectivity index (χ0v) is 16.4. The largest absolute Gasteiger partial charge is 0.484 e. The second-order valence-corrected chi connectivity index (χ2v) is 6.72. The first-order valence-electron chi connectivity index (χ1n) is 7.51. The molecule has 26 heavy (non-hydrogen) atoms. The van der Waals surface area contributed by atoms with Crippen molar-refractivity contribution in [1.29, 1.82) is 0 Å². The first-order valence-corrected chi connectivity index (χ1v) is 8.71. The van der Waals surface area contributed by atoms with Crippen LogP contribution in [0.2, 0.25) is 0 Å².